The lowest BCUT2D eigenvalue weighted by Crippen LogP contribution is -2.35. The van der Waals surface area contributed by atoms with E-state index in [0.717, 1.165) is 5.92 Å². The average molecular weight is 282 g/mol. The Kier molecular flexibility index (Phi) is 10.8. The van der Waals surface area contributed by atoms with Gasteiger partial charge >= 0.3 is 12.1 Å². The zero-order chi connectivity index (χ0) is 14.8. The van der Waals surface area contributed by atoms with Crippen molar-refractivity contribution in [1.29, 1.82) is 0 Å². The van der Waals surface area contributed by atoms with Crippen molar-refractivity contribution in [3.63, 3.8) is 0 Å². The SMILES string of the molecule is CC(C)(C)OC(=O)NCC(=O)OCCl.CC(C)C. The van der Waals surface area contributed by atoms with Crippen molar-refractivity contribution < 1.29 is 19.1 Å². The summed E-state index contributed by atoms with van der Waals surface area (Å²) in [6.07, 6.45) is -0.663. The second-order valence-electron chi connectivity index (χ2n) is 5.21. The highest BCUT2D eigenvalue weighted by Gasteiger charge is 2.16. The van der Waals surface area contributed by atoms with Crippen molar-refractivity contribution in [2.24, 2.45) is 5.92 Å². The Morgan fingerprint density at radius 3 is 2.00 bits per heavy atom. The van der Waals surface area contributed by atoms with Crippen molar-refractivity contribution in [3.05, 3.63) is 0 Å². The molecule has 18 heavy (non-hydrogen) atoms. The van der Waals surface area contributed by atoms with Gasteiger partial charge in [0.15, 0.2) is 6.07 Å². The number of alkyl halides is 1. The summed E-state index contributed by atoms with van der Waals surface area (Å²) < 4.78 is 9.25. The highest BCUT2D eigenvalue weighted by molar-refractivity contribution is 6.17. The van der Waals surface area contributed by atoms with Crippen molar-refractivity contribution in [2.75, 3.05) is 12.6 Å². The fourth-order valence-electron chi connectivity index (χ4n) is 0.570. The third kappa shape index (κ3) is 20.4. The van der Waals surface area contributed by atoms with Crippen LogP contribution in [0.3, 0.4) is 0 Å². The molecule has 6 heteroatoms. The first kappa shape index (κ1) is 19.4. The minimum atomic E-state index is -0.663. The summed E-state index contributed by atoms with van der Waals surface area (Å²) in [5.41, 5.74) is -0.583. The molecule has 0 aromatic carbocycles. The van der Waals surface area contributed by atoms with Crippen LogP contribution in [0.2, 0.25) is 0 Å². The maximum Gasteiger partial charge on any atom is 0.408 e. The van der Waals surface area contributed by atoms with Crippen LogP contribution in [-0.4, -0.2) is 30.3 Å². The molecule has 0 aromatic rings. The Hall–Kier alpha value is -0.970. The fourth-order valence-corrected chi connectivity index (χ4v) is 0.692. The third-order valence-electron chi connectivity index (χ3n) is 0.991. The normalized spacial score (nSPS) is 10.2. The number of rotatable bonds is 3. The minimum absolute atomic E-state index is 0.227. The summed E-state index contributed by atoms with van der Waals surface area (Å²) >= 11 is 5.13. The standard InChI is InChI=1S/C8H14ClNO4.C4H10/c1-8(2,3)14-7(12)10-4-6(11)13-5-9;1-4(2)3/h4-5H2,1-3H3,(H,10,12);4H,1-3H3. The first-order valence-electron chi connectivity index (χ1n) is 5.77. The molecule has 1 amide bonds. The van der Waals surface area contributed by atoms with E-state index in [1.54, 1.807) is 20.8 Å². The van der Waals surface area contributed by atoms with Crippen molar-refractivity contribution in [1.82, 2.24) is 5.32 Å². The number of esters is 1. The van der Waals surface area contributed by atoms with Crippen LogP contribution in [0.15, 0.2) is 0 Å². The second kappa shape index (κ2) is 10.00. The lowest BCUT2D eigenvalue weighted by Gasteiger charge is -2.19. The number of hydrogen-bond acceptors (Lipinski definition) is 4. The number of carbonyl (C=O) groups excluding carboxylic acids is 2. The van der Waals surface area contributed by atoms with E-state index in [-0.39, 0.29) is 12.6 Å². The Balaban J connectivity index is 0. The van der Waals surface area contributed by atoms with Crippen molar-refractivity contribution >= 4 is 23.7 Å². The summed E-state index contributed by atoms with van der Waals surface area (Å²) in [4.78, 5) is 21.7. The number of amides is 1. The van der Waals surface area contributed by atoms with E-state index in [1.807, 2.05) is 0 Å². The highest BCUT2D eigenvalue weighted by atomic mass is 35.5. The maximum atomic E-state index is 11.0. The average Bonchev–Trinajstić information content (AvgIpc) is 2.11. The van der Waals surface area contributed by atoms with Crippen molar-refractivity contribution in [3.8, 4) is 0 Å². The molecule has 0 heterocycles. The predicted molar refractivity (Wildman–Crippen MR) is 71.6 cm³/mol. The molecular formula is C12H24ClNO4. The molecule has 0 atom stereocenters. The van der Waals surface area contributed by atoms with Crippen LogP contribution in [0.25, 0.3) is 0 Å². The molecule has 0 saturated carbocycles. The smallest absolute Gasteiger partial charge is 0.408 e. The van der Waals surface area contributed by atoms with Crippen LogP contribution in [0.5, 0.6) is 0 Å². The molecule has 0 fully saturated rings. The van der Waals surface area contributed by atoms with E-state index >= 15 is 0 Å². The molecule has 5 nitrogen and oxygen atoms in total. The van der Waals surface area contributed by atoms with Gasteiger partial charge in [0.05, 0.1) is 0 Å². The summed E-state index contributed by atoms with van der Waals surface area (Å²) in [7, 11) is 0. The molecule has 0 radical (unpaired) electrons. The number of alkyl carbamates (subject to hydrolysis) is 1. The second-order valence-corrected chi connectivity index (χ2v) is 5.43. The van der Waals surface area contributed by atoms with Gasteiger partial charge in [0, 0.05) is 0 Å². The van der Waals surface area contributed by atoms with Gasteiger partial charge in [-0.2, -0.15) is 0 Å². The topological polar surface area (TPSA) is 64.6 Å². The highest BCUT2D eigenvalue weighted by Crippen LogP contribution is 2.06. The van der Waals surface area contributed by atoms with E-state index in [9.17, 15) is 9.59 Å². The molecule has 0 aliphatic rings. The molecule has 0 rings (SSSR count). The number of hydrogen-bond donors (Lipinski definition) is 1. The fraction of sp³-hybridized carbons (Fsp3) is 0.833. The van der Waals surface area contributed by atoms with E-state index in [2.05, 4.69) is 30.8 Å². The number of nitrogens with one attached hydrogen (secondary N) is 1. The Bertz CT molecular complexity index is 246. The van der Waals surface area contributed by atoms with Crippen LogP contribution in [0.4, 0.5) is 4.79 Å². The van der Waals surface area contributed by atoms with Gasteiger partial charge in [-0.3, -0.25) is 4.79 Å². The van der Waals surface area contributed by atoms with E-state index < -0.39 is 17.7 Å². The van der Waals surface area contributed by atoms with E-state index in [0.29, 0.717) is 0 Å². The Morgan fingerprint density at radius 2 is 1.67 bits per heavy atom. The quantitative estimate of drug-likeness (QED) is 0.638. The monoisotopic (exact) mass is 281 g/mol. The summed E-state index contributed by atoms with van der Waals surface area (Å²) in [6.45, 7) is 11.4. The Morgan fingerprint density at radius 1 is 1.22 bits per heavy atom. The van der Waals surface area contributed by atoms with E-state index in [1.165, 1.54) is 0 Å². The lowest BCUT2D eigenvalue weighted by atomic mass is 10.2. The number of carbonyl (C=O) groups is 2. The van der Waals surface area contributed by atoms with Gasteiger partial charge in [-0.25, -0.2) is 4.79 Å². The van der Waals surface area contributed by atoms with Gasteiger partial charge < -0.3 is 14.8 Å². The zero-order valence-electron chi connectivity index (χ0n) is 12.0. The largest absolute Gasteiger partial charge is 0.448 e. The molecule has 0 saturated heterocycles. The van der Waals surface area contributed by atoms with Gasteiger partial charge in [-0.15, -0.1) is 0 Å². The van der Waals surface area contributed by atoms with Crippen LogP contribution in [0.1, 0.15) is 41.5 Å². The molecule has 0 unspecified atom stereocenters. The van der Waals surface area contributed by atoms with Crippen LogP contribution < -0.4 is 5.32 Å². The summed E-state index contributed by atoms with van der Waals surface area (Å²) in [5.74, 6) is 0.228. The van der Waals surface area contributed by atoms with Gasteiger partial charge in [-0.1, -0.05) is 32.4 Å². The van der Waals surface area contributed by atoms with Crippen molar-refractivity contribution in [2.45, 2.75) is 47.1 Å². The lowest BCUT2D eigenvalue weighted by molar-refractivity contribution is -0.140. The van der Waals surface area contributed by atoms with E-state index in [4.69, 9.17) is 16.3 Å². The number of halogens is 1. The van der Waals surface area contributed by atoms with Crippen LogP contribution in [-0.2, 0) is 14.3 Å². The maximum absolute atomic E-state index is 11.0. The van der Waals surface area contributed by atoms with Gasteiger partial charge in [0.1, 0.15) is 12.1 Å². The van der Waals surface area contributed by atoms with Gasteiger partial charge in [0.25, 0.3) is 0 Å². The molecular weight excluding hydrogens is 258 g/mol. The van der Waals surface area contributed by atoms with Gasteiger partial charge in [-0.05, 0) is 26.7 Å². The number of ether oxygens (including phenoxy) is 2. The van der Waals surface area contributed by atoms with Gasteiger partial charge in [0.2, 0.25) is 0 Å². The first-order valence-corrected chi connectivity index (χ1v) is 6.30. The van der Waals surface area contributed by atoms with Crippen LogP contribution in [0, 0.1) is 5.92 Å². The Labute approximate surface area is 114 Å². The van der Waals surface area contributed by atoms with Crippen LogP contribution >= 0.6 is 11.6 Å². The zero-order valence-corrected chi connectivity index (χ0v) is 12.8. The minimum Gasteiger partial charge on any atom is -0.448 e. The third-order valence-corrected chi connectivity index (χ3v) is 1.10. The summed E-state index contributed by atoms with van der Waals surface area (Å²) in [5, 5.41) is 2.23. The predicted octanol–water partition coefficient (Wildman–Crippen LogP) is 2.91. The molecule has 108 valence electrons. The molecule has 0 aliphatic carbocycles. The molecule has 0 aromatic heterocycles. The summed E-state index contributed by atoms with van der Waals surface area (Å²) in [6, 6.07) is -0.227. The molecule has 1 N–H and O–H groups in total. The molecule has 0 spiro atoms. The molecule has 0 aliphatic heterocycles. The first-order chi connectivity index (χ1) is 8.08. The molecule has 0 bridgehead atoms.